The molecule has 1 aliphatic carbocycles. The molecule has 1 heteroatoms. The van der Waals surface area contributed by atoms with Crippen molar-refractivity contribution in [3.05, 3.63) is 71.3 Å². The summed E-state index contributed by atoms with van der Waals surface area (Å²) in [5, 5.41) is 2.55. The maximum atomic E-state index is 6.30. The first-order valence-corrected chi connectivity index (χ1v) is 9.38. The lowest BCUT2D eigenvalue weighted by Gasteiger charge is -2.35. The van der Waals surface area contributed by atoms with Crippen LogP contribution in [0.5, 0.6) is 0 Å². The highest BCUT2D eigenvalue weighted by Crippen LogP contribution is 2.49. The molecule has 0 atom stereocenters. The molecule has 1 nitrogen and oxygen atoms in total. The Labute approximate surface area is 154 Å². The van der Waals surface area contributed by atoms with Crippen LogP contribution in [0.2, 0.25) is 0 Å². The molecule has 0 spiro atoms. The first-order chi connectivity index (χ1) is 12.3. The van der Waals surface area contributed by atoms with Crippen molar-refractivity contribution in [1.82, 2.24) is 0 Å². The summed E-state index contributed by atoms with van der Waals surface area (Å²) < 4.78 is 6.30. The van der Waals surface area contributed by atoms with E-state index in [-0.39, 0.29) is 10.8 Å². The van der Waals surface area contributed by atoms with Gasteiger partial charge in [-0.05, 0) is 45.4 Å². The Kier molecular flexibility index (Phi) is 2.89. The molecule has 1 aliphatic rings. The molecule has 1 heterocycles. The lowest BCUT2D eigenvalue weighted by atomic mass is 9.68. The van der Waals surface area contributed by atoms with Crippen molar-refractivity contribution >= 4 is 21.9 Å². The smallest absolute Gasteiger partial charge is 0.136 e. The summed E-state index contributed by atoms with van der Waals surface area (Å²) in [5.41, 5.74) is 8.66. The van der Waals surface area contributed by atoms with E-state index in [4.69, 9.17) is 4.42 Å². The van der Waals surface area contributed by atoms with Crippen LogP contribution in [0.1, 0.15) is 51.3 Å². The average Bonchev–Trinajstić information content (AvgIpc) is 2.98. The minimum Gasteiger partial charge on any atom is -0.456 e. The Hall–Kier alpha value is -2.54. The topological polar surface area (TPSA) is 13.1 Å². The number of hydrogen-bond acceptors (Lipinski definition) is 1. The van der Waals surface area contributed by atoms with E-state index in [1.165, 1.54) is 38.6 Å². The molecule has 0 saturated heterocycles. The standard InChI is InChI=1S/C25H24O/c1-24(2,3)18-12-13-20-22-21-17(10-7-11-19(21)26-20)15-8-6-9-16(14-15)25(4,5)23(18)22/h6-14H,1-5H3. The van der Waals surface area contributed by atoms with E-state index in [1.54, 1.807) is 0 Å². The van der Waals surface area contributed by atoms with Crippen molar-refractivity contribution in [2.45, 2.75) is 45.4 Å². The third kappa shape index (κ3) is 1.92. The third-order valence-electron chi connectivity index (χ3n) is 5.99. The number of rotatable bonds is 0. The van der Waals surface area contributed by atoms with Crippen LogP contribution in [-0.4, -0.2) is 0 Å². The molecule has 130 valence electrons. The molecule has 2 bridgehead atoms. The van der Waals surface area contributed by atoms with Crippen LogP contribution in [0.25, 0.3) is 33.1 Å². The van der Waals surface area contributed by atoms with E-state index in [9.17, 15) is 0 Å². The molecule has 0 unspecified atom stereocenters. The highest BCUT2D eigenvalue weighted by Gasteiger charge is 2.35. The summed E-state index contributed by atoms with van der Waals surface area (Å²) in [6.45, 7) is 11.6. The summed E-state index contributed by atoms with van der Waals surface area (Å²) in [6, 6.07) is 19.9. The molecule has 0 amide bonds. The van der Waals surface area contributed by atoms with Crippen LogP contribution in [0.15, 0.2) is 59.0 Å². The van der Waals surface area contributed by atoms with Crippen LogP contribution in [-0.2, 0) is 10.8 Å². The van der Waals surface area contributed by atoms with Crippen molar-refractivity contribution in [3.8, 4) is 11.1 Å². The fourth-order valence-electron chi connectivity index (χ4n) is 4.64. The molecule has 0 fully saturated rings. The minimum atomic E-state index is -0.0948. The highest BCUT2D eigenvalue weighted by atomic mass is 16.3. The van der Waals surface area contributed by atoms with Crippen LogP contribution < -0.4 is 0 Å². The zero-order valence-electron chi connectivity index (χ0n) is 16.1. The average molecular weight is 340 g/mol. The normalized spacial score (nSPS) is 15.4. The number of hydrogen-bond donors (Lipinski definition) is 0. The second kappa shape index (κ2) is 4.79. The van der Waals surface area contributed by atoms with E-state index in [0.29, 0.717) is 0 Å². The fourth-order valence-corrected chi connectivity index (χ4v) is 4.64. The predicted octanol–water partition coefficient (Wildman–Crippen LogP) is 7.19. The summed E-state index contributed by atoms with van der Waals surface area (Å²) in [5.74, 6) is 0. The van der Waals surface area contributed by atoms with Gasteiger partial charge in [0.15, 0.2) is 0 Å². The first kappa shape index (κ1) is 15.7. The second-order valence-electron chi connectivity index (χ2n) is 9.10. The van der Waals surface area contributed by atoms with Gasteiger partial charge in [-0.3, -0.25) is 0 Å². The largest absolute Gasteiger partial charge is 0.456 e. The molecular formula is C25H24O. The summed E-state index contributed by atoms with van der Waals surface area (Å²) >= 11 is 0. The molecular weight excluding hydrogens is 316 g/mol. The van der Waals surface area contributed by atoms with Gasteiger partial charge in [-0.15, -0.1) is 0 Å². The van der Waals surface area contributed by atoms with Gasteiger partial charge in [0, 0.05) is 16.2 Å². The van der Waals surface area contributed by atoms with Gasteiger partial charge in [0.05, 0.1) is 0 Å². The van der Waals surface area contributed by atoms with Gasteiger partial charge in [0.1, 0.15) is 11.2 Å². The summed E-state index contributed by atoms with van der Waals surface area (Å²) in [6.07, 6.45) is 0. The fraction of sp³-hybridized carbons (Fsp3) is 0.280. The number of benzene rings is 3. The second-order valence-corrected chi connectivity index (χ2v) is 9.10. The Morgan fingerprint density at radius 1 is 0.808 bits per heavy atom. The summed E-state index contributed by atoms with van der Waals surface area (Å²) in [4.78, 5) is 0. The number of fused-ring (bicyclic) bond motifs is 3. The van der Waals surface area contributed by atoms with E-state index in [0.717, 1.165) is 11.2 Å². The van der Waals surface area contributed by atoms with Crippen molar-refractivity contribution < 1.29 is 4.42 Å². The molecule has 3 aromatic carbocycles. The molecule has 0 saturated carbocycles. The maximum Gasteiger partial charge on any atom is 0.136 e. The van der Waals surface area contributed by atoms with Crippen molar-refractivity contribution in [2.24, 2.45) is 0 Å². The van der Waals surface area contributed by atoms with Crippen LogP contribution in [0.3, 0.4) is 0 Å². The number of furan rings is 1. The lowest BCUT2D eigenvalue weighted by Crippen LogP contribution is -2.26. The molecule has 0 N–H and O–H groups in total. The Morgan fingerprint density at radius 2 is 1.54 bits per heavy atom. The van der Waals surface area contributed by atoms with E-state index >= 15 is 0 Å². The maximum absolute atomic E-state index is 6.30. The molecule has 1 aromatic heterocycles. The van der Waals surface area contributed by atoms with Gasteiger partial charge in [0.2, 0.25) is 0 Å². The van der Waals surface area contributed by atoms with Crippen LogP contribution in [0, 0.1) is 0 Å². The zero-order chi connectivity index (χ0) is 18.3. The van der Waals surface area contributed by atoms with Crippen molar-refractivity contribution in [2.75, 3.05) is 0 Å². The highest BCUT2D eigenvalue weighted by molar-refractivity contribution is 6.15. The molecule has 0 aliphatic heterocycles. The predicted molar refractivity (Wildman–Crippen MR) is 110 cm³/mol. The van der Waals surface area contributed by atoms with Gasteiger partial charge in [-0.2, -0.15) is 0 Å². The van der Waals surface area contributed by atoms with Crippen molar-refractivity contribution in [1.29, 1.82) is 0 Å². The summed E-state index contributed by atoms with van der Waals surface area (Å²) in [7, 11) is 0. The monoisotopic (exact) mass is 340 g/mol. The van der Waals surface area contributed by atoms with Crippen LogP contribution >= 0.6 is 0 Å². The molecule has 5 rings (SSSR count). The van der Waals surface area contributed by atoms with Gasteiger partial charge in [-0.1, -0.05) is 77.1 Å². The lowest BCUT2D eigenvalue weighted by molar-refractivity contribution is 0.552. The zero-order valence-corrected chi connectivity index (χ0v) is 16.1. The van der Waals surface area contributed by atoms with Gasteiger partial charge in [0.25, 0.3) is 0 Å². The first-order valence-electron chi connectivity index (χ1n) is 9.38. The van der Waals surface area contributed by atoms with E-state index in [2.05, 4.69) is 89.2 Å². The SMILES string of the molecule is CC(C)(C)c1ccc2oc3cccc4c3c2c1C(C)(C)c1cccc-4c1. The van der Waals surface area contributed by atoms with Gasteiger partial charge < -0.3 is 4.42 Å². The van der Waals surface area contributed by atoms with Crippen LogP contribution in [0.4, 0.5) is 0 Å². The Balaban J connectivity index is 2.13. The van der Waals surface area contributed by atoms with E-state index < -0.39 is 0 Å². The van der Waals surface area contributed by atoms with E-state index in [1.807, 2.05) is 0 Å². The Morgan fingerprint density at radius 3 is 2.31 bits per heavy atom. The Bertz CT molecular complexity index is 1180. The molecule has 4 aromatic rings. The molecule has 26 heavy (non-hydrogen) atoms. The van der Waals surface area contributed by atoms with Crippen molar-refractivity contribution in [3.63, 3.8) is 0 Å². The third-order valence-corrected chi connectivity index (χ3v) is 5.99. The van der Waals surface area contributed by atoms with Gasteiger partial charge >= 0.3 is 0 Å². The van der Waals surface area contributed by atoms with Gasteiger partial charge in [-0.25, -0.2) is 0 Å². The minimum absolute atomic E-state index is 0.0656. The quantitative estimate of drug-likeness (QED) is 0.330. The molecule has 0 radical (unpaired) electrons.